The van der Waals surface area contributed by atoms with Crippen molar-refractivity contribution in [1.29, 1.82) is 0 Å². The van der Waals surface area contributed by atoms with Crippen LogP contribution in [0, 0.1) is 0 Å². The van der Waals surface area contributed by atoms with E-state index in [4.69, 9.17) is 9.47 Å². The summed E-state index contributed by atoms with van der Waals surface area (Å²) in [5, 5.41) is 3.42. The van der Waals surface area contributed by atoms with Gasteiger partial charge in [0.15, 0.2) is 17.3 Å². The first-order chi connectivity index (χ1) is 10.2. The summed E-state index contributed by atoms with van der Waals surface area (Å²) in [7, 11) is 0. The highest BCUT2D eigenvalue weighted by Gasteiger charge is 2.28. The normalized spacial score (nSPS) is 19.1. The lowest BCUT2D eigenvalue weighted by Crippen LogP contribution is -2.22. The van der Waals surface area contributed by atoms with Gasteiger partial charge in [-0.05, 0) is 23.8 Å². The molecule has 2 aromatic rings. The Bertz CT molecular complexity index is 727. The molecule has 2 aromatic carbocycles. The average Bonchev–Trinajstić information content (AvgIpc) is 2.93. The molecule has 0 saturated heterocycles. The SMILES string of the molecule is O=C1CC(c2ccc(Br)cc2)Nc2cc3c(cc21)OCO3. The van der Waals surface area contributed by atoms with Gasteiger partial charge in [-0.2, -0.15) is 0 Å². The van der Waals surface area contributed by atoms with Crippen LogP contribution in [0.15, 0.2) is 40.9 Å². The van der Waals surface area contributed by atoms with Crippen molar-refractivity contribution in [2.75, 3.05) is 12.1 Å². The van der Waals surface area contributed by atoms with Crippen molar-refractivity contribution in [2.24, 2.45) is 0 Å². The third-order valence-corrected chi connectivity index (χ3v) is 4.33. The van der Waals surface area contributed by atoms with Crippen LogP contribution in [-0.4, -0.2) is 12.6 Å². The molecule has 4 rings (SSSR count). The first-order valence-corrected chi connectivity index (χ1v) is 7.49. The van der Waals surface area contributed by atoms with Crippen LogP contribution < -0.4 is 14.8 Å². The van der Waals surface area contributed by atoms with Gasteiger partial charge in [0.05, 0.1) is 6.04 Å². The minimum atomic E-state index is -0.0153. The molecule has 1 unspecified atom stereocenters. The van der Waals surface area contributed by atoms with Crippen molar-refractivity contribution in [3.05, 3.63) is 52.0 Å². The number of hydrogen-bond donors (Lipinski definition) is 1. The Kier molecular flexibility index (Phi) is 2.89. The monoisotopic (exact) mass is 345 g/mol. The molecule has 0 amide bonds. The number of nitrogens with one attached hydrogen (secondary N) is 1. The summed E-state index contributed by atoms with van der Waals surface area (Å²) >= 11 is 3.42. The molecule has 1 N–H and O–H groups in total. The van der Waals surface area contributed by atoms with Crippen LogP contribution in [0.5, 0.6) is 11.5 Å². The van der Waals surface area contributed by atoms with Crippen LogP contribution in [0.3, 0.4) is 0 Å². The second-order valence-electron chi connectivity index (χ2n) is 5.13. The fourth-order valence-corrected chi connectivity index (χ4v) is 2.99. The van der Waals surface area contributed by atoms with Crippen molar-refractivity contribution in [3.63, 3.8) is 0 Å². The van der Waals surface area contributed by atoms with Gasteiger partial charge in [-0.1, -0.05) is 28.1 Å². The number of anilines is 1. The van der Waals surface area contributed by atoms with Gasteiger partial charge in [0, 0.05) is 28.2 Å². The van der Waals surface area contributed by atoms with Crippen molar-refractivity contribution in [2.45, 2.75) is 12.5 Å². The molecule has 0 aromatic heterocycles. The first kappa shape index (κ1) is 12.7. The van der Waals surface area contributed by atoms with E-state index in [1.54, 1.807) is 6.07 Å². The molecule has 0 spiro atoms. The van der Waals surface area contributed by atoms with Crippen LogP contribution in [0.25, 0.3) is 0 Å². The predicted octanol–water partition coefficient (Wildman–Crippen LogP) is 3.92. The second kappa shape index (κ2) is 4.77. The zero-order valence-corrected chi connectivity index (χ0v) is 12.6. The summed E-state index contributed by atoms with van der Waals surface area (Å²) in [5.74, 6) is 1.45. The topological polar surface area (TPSA) is 47.6 Å². The molecule has 2 aliphatic heterocycles. The molecule has 1 atom stereocenters. The molecule has 106 valence electrons. The molecule has 0 saturated carbocycles. The Morgan fingerprint density at radius 3 is 2.57 bits per heavy atom. The number of Topliss-reactive ketones (excluding diaryl/α,β-unsaturated/α-hetero) is 1. The van der Waals surface area contributed by atoms with Crippen LogP contribution in [0.2, 0.25) is 0 Å². The fraction of sp³-hybridized carbons (Fsp3) is 0.188. The quantitative estimate of drug-likeness (QED) is 0.850. The van der Waals surface area contributed by atoms with E-state index < -0.39 is 0 Å². The van der Waals surface area contributed by atoms with Crippen LogP contribution in [0.4, 0.5) is 5.69 Å². The van der Waals surface area contributed by atoms with E-state index in [1.165, 1.54) is 0 Å². The van der Waals surface area contributed by atoms with Gasteiger partial charge in [0.2, 0.25) is 6.79 Å². The molecule has 2 heterocycles. The maximum absolute atomic E-state index is 12.4. The Hall–Kier alpha value is -2.01. The number of ketones is 1. The van der Waals surface area contributed by atoms with E-state index >= 15 is 0 Å². The fourth-order valence-electron chi connectivity index (χ4n) is 2.72. The number of carbonyl (C=O) groups excluding carboxylic acids is 1. The largest absolute Gasteiger partial charge is 0.454 e. The molecule has 0 fully saturated rings. The number of rotatable bonds is 1. The van der Waals surface area contributed by atoms with Crippen molar-refractivity contribution >= 4 is 27.4 Å². The lowest BCUT2D eigenvalue weighted by molar-refractivity contribution is 0.0972. The smallest absolute Gasteiger partial charge is 0.231 e. The van der Waals surface area contributed by atoms with Crippen molar-refractivity contribution in [1.82, 2.24) is 0 Å². The van der Waals surface area contributed by atoms with Crippen LogP contribution in [0.1, 0.15) is 28.4 Å². The summed E-state index contributed by atoms with van der Waals surface area (Å²) < 4.78 is 11.7. The molecule has 0 aliphatic carbocycles. The van der Waals surface area contributed by atoms with Gasteiger partial charge in [0.25, 0.3) is 0 Å². The maximum Gasteiger partial charge on any atom is 0.231 e. The zero-order valence-electron chi connectivity index (χ0n) is 11.1. The standard InChI is InChI=1S/C16H12BrNO3/c17-10-3-1-9(2-4-10)12-6-14(19)11-5-15-16(21-8-20-15)7-13(11)18-12/h1-5,7,12,18H,6,8H2. The Morgan fingerprint density at radius 1 is 1.10 bits per heavy atom. The maximum atomic E-state index is 12.4. The lowest BCUT2D eigenvalue weighted by Gasteiger charge is -2.26. The number of fused-ring (bicyclic) bond motifs is 2. The molecule has 2 aliphatic rings. The molecule has 21 heavy (non-hydrogen) atoms. The number of ether oxygens (including phenoxy) is 2. The molecule has 0 radical (unpaired) electrons. The van der Waals surface area contributed by atoms with E-state index in [0.29, 0.717) is 23.5 Å². The predicted molar refractivity (Wildman–Crippen MR) is 82.0 cm³/mol. The zero-order chi connectivity index (χ0) is 14.4. The van der Waals surface area contributed by atoms with E-state index in [-0.39, 0.29) is 18.6 Å². The number of carbonyl (C=O) groups is 1. The third kappa shape index (κ3) is 2.17. The van der Waals surface area contributed by atoms with E-state index in [9.17, 15) is 4.79 Å². The highest BCUT2D eigenvalue weighted by Crippen LogP contribution is 2.41. The molecule has 5 heteroatoms. The van der Waals surface area contributed by atoms with E-state index in [0.717, 1.165) is 15.7 Å². The molecule has 4 nitrogen and oxygen atoms in total. The summed E-state index contributed by atoms with van der Waals surface area (Å²) in [5.41, 5.74) is 2.57. The number of halogens is 1. The average molecular weight is 346 g/mol. The number of benzene rings is 2. The minimum Gasteiger partial charge on any atom is -0.454 e. The first-order valence-electron chi connectivity index (χ1n) is 6.69. The summed E-state index contributed by atoms with van der Waals surface area (Å²) in [6.45, 7) is 0.211. The minimum absolute atomic E-state index is 0.0153. The van der Waals surface area contributed by atoms with Crippen LogP contribution >= 0.6 is 15.9 Å². The highest BCUT2D eigenvalue weighted by molar-refractivity contribution is 9.10. The van der Waals surface area contributed by atoms with Gasteiger partial charge >= 0.3 is 0 Å². The van der Waals surface area contributed by atoms with Crippen molar-refractivity contribution in [3.8, 4) is 11.5 Å². The molecule has 0 bridgehead atoms. The number of hydrogen-bond acceptors (Lipinski definition) is 4. The van der Waals surface area contributed by atoms with Crippen LogP contribution in [-0.2, 0) is 0 Å². The van der Waals surface area contributed by atoms with Gasteiger partial charge < -0.3 is 14.8 Å². The Morgan fingerprint density at radius 2 is 1.81 bits per heavy atom. The summed E-state index contributed by atoms with van der Waals surface area (Å²) in [6.07, 6.45) is 0.439. The Labute approximate surface area is 130 Å². The molecular weight excluding hydrogens is 334 g/mol. The van der Waals surface area contributed by atoms with Gasteiger partial charge in [-0.25, -0.2) is 0 Å². The third-order valence-electron chi connectivity index (χ3n) is 3.80. The van der Waals surface area contributed by atoms with Crippen molar-refractivity contribution < 1.29 is 14.3 Å². The summed E-state index contributed by atoms with van der Waals surface area (Å²) in [6, 6.07) is 11.6. The van der Waals surface area contributed by atoms with Gasteiger partial charge in [-0.15, -0.1) is 0 Å². The Balaban J connectivity index is 1.71. The molecular formula is C16H12BrNO3. The van der Waals surface area contributed by atoms with Gasteiger partial charge in [0.1, 0.15) is 0 Å². The van der Waals surface area contributed by atoms with E-state index in [2.05, 4.69) is 21.2 Å². The lowest BCUT2D eigenvalue weighted by atomic mass is 9.92. The van der Waals surface area contributed by atoms with Gasteiger partial charge in [-0.3, -0.25) is 4.79 Å². The summed E-state index contributed by atoms with van der Waals surface area (Å²) in [4.78, 5) is 12.4. The second-order valence-corrected chi connectivity index (χ2v) is 6.04. The van der Waals surface area contributed by atoms with E-state index in [1.807, 2.05) is 30.3 Å². The highest BCUT2D eigenvalue weighted by atomic mass is 79.9.